The van der Waals surface area contributed by atoms with Crippen LogP contribution in [0, 0.1) is 12.3 Å². The number of benzene rings is 1. The zero-order valence-electron chi connectivity index (χ0n) is 12.6. The number of aliphatic hydroxyl groups is 1. The fourth-order valence-corrected chi connectivity index (χ4v) is 2.24. The third-order valence-electron chi connectivity index (χ3n) is 3.40. The van der Waals surface area contributed by atoms with Crippen molar-refractivity contribution in [2.24, 2.45) is 5.41 Å². The first kappa shape index (κ1) is 16.0. The second-order valence-corrected chi connectivity index (χ2v) is 5.90. The van der Waals surface area contributed by atoms with Crippen LogP contribution in [0.15, 0.2) is 18.2 Å². The molecule has 1 rings (SSSR count). The molecule has 3 heteroatoms. The molecule has 0 saturated heterocycles. The first-order valence-corrected chi connectivity index (χ1v) is 6.93. The van der Waals surface area contributed by atoms with Crippen molar-refractivity contribution in [3.8, 4) is 5.75 Å². The molecule has 0 radical (unpaired) electrons. The Hall–Kier alpha value is -1.06. The Labute approximate surface area is 117 Å². The van der Waals surface area contributed by atoms with E-state index < -0.39 is 0 Å². The second-order valence-electron chi connectivity index (χ2n) is 5.90. The van der Waals surface area contributed by atoms with Gasteiger partial charge in [0.2, 0.25) is 0 Å². The molecular weight excluding hydrogens is 238 g/mol. The monoisotopic (exact) mass is 265 g/mol. The lowest BCUT2D eigenvalue weighted by Crippen LogP contribution is -2.29. The summed E-state index contributed by atoms with van der Waals surface area (Å²) in [4.78, 5) is 0. The van der Waals surface area contributed by atoms with Crippen LogP contribution in [0.3, 0.4) is 0 Å². The van der Waals surface area contributed by atoms with Crippen LogP contribution in [0.4, 0.5) is 0 Å². The highest BCUT2D eigenvalue weighted by Gasteiger charge is 2.16. The van der Waals surface area contributed by atoms with Crippen molar-refractivity contribution < 1.29 is 9.84 Å². The van der Waals surface area contributed by atoms with Gasteiger partial charge in [0, 0.05) is 19.7 Å². The normalized spacial score (nSPS) is 11.6. The number of hydrogen-bond donors (Lipinski definition) is 2. The summed E-state index contributed by atoms with van der Waals surface area (Å²) in [5.41, 5.74) is 2.67. The molecule has 0 spiro atoms. The Morgan fingerprint density at radius 2 is 2.05 bits per heavy atom. The van der Waals surface area contributed by atoms with E-state index in [1.165, 1.54) is 11.1 Å². The van der Waals surface area contributed by atoms with Gasteiger partial charge in [-0.05, 0) is 42.4 Å². The molecule has 0 aliphatic rings. The van der Waals surface area contributed by atoms with Gasteiger partial charge in [-0.25, -0.2) is 0 Å². The average Bonchev–Trinajstić information content (AvgIpc) is 2.36. The number of nitrogens with one attached hydrogen (secondary N) is 1. The molecule has 2 N–H and O–H groups in total. The molecule has 3 nitrogen and oxygen atoms in total. The van der Waals surface area contributed by atoms with Crippen LogP contribution < -0.4 is 10.1 Å². The lowest BCUT2D eigenvalue weighted by atomic mass is 9.88. The van der Waals surface area contributed by atoms with E-state index in [1.54, 1.807) is 7.11 Å². The zero-order chi connectivity index (χ0) is 14.3. The summed E-state index contributed by atoms with van der Waals surface area (Å²) in [7, 11) is 1.70. The Kier molecular flexibility index (Phi) is 6.32. The lowest BCUT2D eigenvalue weighted by Gasteiger charge is -2.24. The van der Waals surface area contributed by atoms with Gasteiger partial charge < -0.3 is 15.2 Å². The van der Waals surface area contributed by atoms with Crippen molar-refractivity contribution in [3.63, 3.8) is 0 Å². The second kappa shape index (κ2) is 7.51. The molecule has 19 heavy (non-hydrogen) atoms. The number of methoxy groups -OCH3 is 1. The molecule has 1 aromatic rings. The minimum absolute atomic E-state index is 0.226. The predicted octanol–water partition coefficient (Wildman–Crippen LogP) is 2.89. The number of aliphatic hydroxyl groups excluding tert-OH is 1. The summed E-state index contributed by atoms with van der Waals surface area (Å²) in [6.07, 6.45) is 1.91. The molecule has 0 unspecified atom stereocenters. The predicted molar refractivity (Wildman–Crippen MR) is 79.5 cm³/mol. The van der Waals surface area contributed by atoms with E-state index >= 15 is 0 Å². The van der Waals surface area contributed by atoms with Crippen LogP contribution in [0.1, 0.15) is 37.8 Å². The van der Waals surface area contributed by atoms with Crippen molar-refractivity contribution in [3.05, 3.63) is 29.3 Å². The topological polar surface area (TPSA) is 41.5 Å². The molecule has 0 bridgehead atoms. The first-order valence-electron chi connectivity index (χ1n) is 6.93. The van der Waals surface area contributed by atoms with E-state index in [0.717, 1.165) is 31.7 Å². The maximum absolute atomic E-state index is 8.88. The smallest absolute Gasteiger partial charge is 0.121 e. The Morgan fingerprint density at radius 1 is 1.32 bits per heavy atom. The first-order chi connectivity index (χ1) is 8.98. The molecule has 0 saturated carbocycles. The summed E-state index contributed by atoms with van der Waals surface area (Å²) in [5, 5.41) is 12.4. The van der Waals surface area contributed by atoms with Crippen molar-refractivity contribution in [2.75, 3.05) is 20.3 Å². The van der Waals surface area contributed by atoms with Crippen molar-refractivity contribution in [2.45, 2.75) is 40.2 Å². The summed E-state index contributed by atoms with van der Waals surface area (Å²) in [6, 6.07) is 6.27. The van der Waals surface area contributed by atoms with E-state index in [4.69, 9.17) is 9.84 Å². The van der Waals surface area contributed by atoms with E-state index in [0.29, 0.717) is 0 Å². The van der Waals surface area contributed by atoms with Gasteiger partial charge in [0.25, 0.3) is 0 Å². The van der Waals surface area contributed by atoms with Crippen LogP contribution >= 0.6 is 0 Å². The molecule has 0 amide bonds. The van der Waals surface area contributed by atoms with E-state index in [-0.39, 0.29) is 12.0 Å². The van der Waals surface area contributed by atoms with Gasteiger partial charge in [-0.15, -0.1) is 0 Å². The van der Waals surface area contributed by atoms with Gasteiger partial charge in [0.15, 0.2) is 0 Å². The highest BCUT2D eigenvalue weighted by atomic mass is 16.5. The summed E-state index contributed by atoms with van der Waals surface area (Å²) in [5.74, 6) is 0.937. The lowest BCUT2D eigenvalue weighted by molar-refractivity contribution is 0.236. The minimum atomic E-state index is 0.226. The molecule has 108 valence electrons. The Morgan fingerprint density at radius 3 is 2.63 bits per heavy atom. The van der Waals surface area contributed by atoms with Crippen LogP contribution in [0.5, 0.6) is 5.75 Å². The number of aryl methyl sites for hydroxylation is 1. The largest absolute Gasteiger partial charge is 0.496 e. The molecule has 1 aromatic carbocycles. The third-order valence-corrected chi connectivity index (χ3v) is 3.40. The zero-order valence-corrected chi connectivity index (χ0v) is 12.6. The van der Waals surface area contributed by atoms with Crippen molar-refractivity contribution in [1.29, 1.82) is 0 Å². The average molecular weight is 265 g/mol. The van der Waals surface area contributed by atoms with Crippen LogP contribution in [-0.4, -0.2) is 25.4 Å². The molecule has 0 aromatic heterocycles. The van der Waals surface area contributed by atoms with Crippen molar-refractivity contribution >= 4 is 0 Å². The SMILES string of the molecule is COc1ccc(CNCC(C)(C)CCCO)cc1C. The standard InChI is InChI=1S/C16H27NO2/c1-13-10-14(6-7-15(13)19-4)11-17-12-16(2,3)8-5-9-18/h6-7,10,17-18H,5,8-9,11-12H2,1-4H3. The molecule has 0 aliphatic carbocycles. The number of ether oxygens (including phenoxy) is 1. The van der Waals surface area contributed by atoms with E-state index in [2.05, 4.69) is 38.2 Å². The van der Waals surface area contributed by atoms with E-state index in [9.17, 15) is 0 Å². The molecule has 0 fully saturated rings. The maximum Gasteiger partial charge on any atom is 0.121 e. The molecule has 0 aliphatic heterocycles. The quantitative estimate of drug-likeness (QED) is 0.759. The molecule has 0 heterocycles. The van der Waals surface area contributed by atoms with Crippen LogP contribution in [-0.2, 0) is 6.54 Å². The molecular formula is C16H27NO2. The Bertz CT molecular complexity index is 388. The van der Waals surface area contributed by atoms with Gasteiger partial charge in [0.1, 0.15) is 5.75 Å². The summed E-state index contributed by atoms with van der Waals surface area (Å²) in [6.45, 7) is 8.63. The van der Waals surface area contributed by atoms with Gasteiger partial charge in [-0.3, -0.25) is 0 Å². The third kappa shape index (κ3) is 5.62. The molecule has 0 atom stereocenters. The fourth-order valence-electron chi connectivity index (χ4n) is 2.24. The Balaban J connectivity index is 2.42. The van der Waals surface area contributed by atoms with Crippen molar-refractivity contribution in [1.82, 2.24) is 5.32 Å². The fraction of sp³-hybridized carbons (Fsp3) is 0.625. The van der Waals surface area contributed by atoms with Gasteiger partial charge in [-0.1, -0.05) is 26.0 Å². The number of rotatable bonds is 8. The highest BCUT2D eigenvalue weighted by molar-refractivity contribution is 5.36. The van der Waals surface area contributed by atoms with E-state index in [1.807, 2.05) is 6.07 Å². The van der Waals surface area contributed by atoms with Crippen LogP contribution in [0.2, 0.25) is 0 Å². The van der Waals surface area contributed by atoms with Gasteiger partial charge in [0.05, 0.1) is 7.11 Å². The summed E-state index contributed by atoms with van der Waals surface area (Å²) < 4.78 is 5.26. The van der Waals surface area contributed by atoms with Crippen LogP contribution in [0.25, 0.3) is 0 Å². The number of hydrogen-bond acceptors (Lipinski definition) is 3. The van der Waals surface area contributed by atoms with Gasteiger partial charge in [-0.2, -0.15) is 0 Å². The maximum atomic E-state index is 8.88. The minimum Gasteiger partial charge on any atom is -0.496 e. The highest BCUT2D eigenvalue weighted by Crippen LogP contribution is 2.21. The van der Waals surface area contributed by atoms with Gasteiger partial charge >= 0.3 is 0 Å². The summed E-state index contributed by atoms with van der Waals surface area (Å²) >= 11 is 0.